The van der Waals surface area contributed by atoms with E-state index < -0.39 is 0 Å². The van der Waals surface area contributed by atoms with Crippen molar-refractivity contribution in [3.8, 4) is 28.1 Å². The highest BCUT2D eigenvalue weighted by Crippen LogP contribution is 2.36. The van der Waals surface area contributed by atoms with Crippen molar-refractivity contribution < 1.29 is 9.26 Å². The molecule has 0 atom stereocenters. The molecule has 0 aliphatic heterocycles. The maximum absolute atomic E-state index is 5.54. The van der Waals surface area contributed by atoms with Crippen LogP contribution in [0.15, 0.2) is 47.2 Å². The Labute approximate surface area is 145 Å². The fourth-order valence-electron chi connectivity index (χ4n) is 2.91. The number of hydrogen-bond donors (Lipinski definition) is 0. The van der Waals surface area contributed by atoms with E-state index in [9.17, 15) is 0 Å². The minimum Gasteiger partial charge on any atom is -0.496 e. The highest BCUT2D eigenvalue weighted by atomic mass is 16.5. The van der Waals surface area contributed by atoms with E-state index in [4.69, 9.17) is 14.2 Å². The zero-order chi connectivity index (χ0) is 17.4. The van der Waals surface area contributed by atoms with E-state index in [0.717, 1.165) is 45.9 Å². The standard InChI is InChI=1S/C19H18N4O2/c1-4-23-11-13(10-20-23)15-9-16(14-7-5-6-8-17(14)24-3)21-18-12(2)22-25-19(15)18/h5-11H,4H2,1-3H3. The van der Waals surface area contributed by atoms with Crippen molar-refractivity contribution in [1.82, 2.24) is 19.9 Å². The summed E-state index contributed by atoms with van der Waals surface area (Å²) in [6.45, 7) is 4.75. The quantitative estimate of drug-likeness (QED) is 0.562. The van der Waals surface area contributed by atoms with Crippen LogP contribution in [0.25, 0.3) is 33.5 Å². The number of pyridine rings is 1. The first-order chi connectivity index (χ1) is 12.2. The Morgan fingerprint density at radius 3 is 2.80 bits per heavy atom. The van der Waals surface area contributed by atoms with Gasteiger partial charge in [0.05, 0.1) is 19.0 Å². The smallest absolute Gasteiger partial charge is 0.193 e. The molecule has 25 heavy (non-hydrogen) atoms. The average Bonchev–Trinajstić information content (AvgIpc) is 3.28. The van der Waals surface area contributed by atoms with Crippen molar-refractivity contribution in [3.63, 3.8) is 0 Å². The van der Waals surface area contributed by atoms with Crippen LogP contribution in [0.1, 0.15) is 12.6 Å². The summed E-state index contributed by atoms with van der Waals surface area (Å²) in [5.74, 6) is 0.777. The molecule has 3 heterocycles. The summed E-state index contributed by atoms with van der Waals surface area (Å²) in [7, 11) is 1.66. The number of rotatable bonds is 4. The number of aryl methyl sites for hydroxylation is 2. The van der Waals surface area contributed by atoms with E-state index >= 15 is 0 Å². The molecule has 1 aromatic carbocycles. The molecule has 3 aromatic heterocycles. The molecule has 0 aliphatic carbocycles. The summed E-state index contributed by atoms with van der Waals surface area (Å²) in [4.78, 5) is 4.76. The van der Waals surface area contributed by atoms with Crippen molar-refractivity contribution in [2.75, 3.05) is 7.11 Å². The number of hydrogen-bond acceptors (Lipinski definition) is 5. The molecule has 0 unspecified atom stereocenters. The lowest BCUT2D eigenvalue weighted by Gasteiger charge is -2.09. The Bertz CT molecular complexity index is 1050. The summed E-state index contributed by atoms with van der Waals surface area (Å²) in [6.07, 6.45) is 3.83. The second-order valence-corrected chi connectivity index (χ2v) is 5.79. The van der Waals surface area contributed by atoms with E-state index in [0.29, 0.717) is 5.58 Å². The lowest BCUT2D eigenvalue weighted by atomic mass is 10.0. The van der Waals surface area contributed by atoms with Gasteiger partial charge in [0.1, 0.15) is 17.0 Å². The predicted octanol–water partition coefficient (Wildman–Crippen LogP) is 4.09. The molecule has 126 valence electrons. The van der Waals surface area contributed by atoms with E-state index in [-0.39, 0.29) is 0 Å². The minimum absolute atomic E-state index is 0.673. The van der Waals surface area contributed by atoms with Crippen LogP contribution in [0.3, 0.4) is 0 Å². The van der Waals surface area contributed by atoms with Crippen LogP contribution in [0, 0.1) is 6.92 Å². The van der Waals surface area contributed by atoms with Gasteiger partial charge in [0.25, 0.3) is 0 Å². The molecule has 4 rings (SSSR count). The summed E-state index contributed by atoms with van der Waals surface area (Å²) in [5, 5.41) is 8.46. The first-order valence-corrected chi connectivity index (χ1v) is 8.14. The summed E-state index contributed by atoms with van der Waals surface area (Å²) < 4.78 is 12.9. The zero-order valence-corrected chi connectivity index (χ0v) is 14.4. The summed E-state index contributed by atoms with van der Waals surface area (Å²) >= 11 is 0. The third-order valence-electron chi connectivity index (χ3n) is 4.24. The van der Waals surface area contributed by atoms with Gasteiger partial charge in [0.2, 0.25) is 0 Å². The fraction of sp³-hybridized carbons (Fsp3) is 0.211. The van der Waals surface area contributed by atoms with Gasteiger partial charge in [-0.05, 0) is 32.0 Å². The lowest BCUT2D eigenvalue weighted by Crippen LogP contribution is -1.93. The Morgan fingerprint density at radius 2 is 2.04 bits per heavy atom. The molecule has 0 fully saturated rings. The fourth-order valence-corrected chi connectivity index (χ4v) is 2.91. The van der Waals surface area contributed by atoms with Gasteiger partial charge in [-0.1, -0.05) is 17.3 Å². The summed E-state index contributed by atoms with van der Waals surface area (Å²) in [6, 6.07) is 9.84. The monoisotopic (exact) mass is 334 g/mol. The number of ether oxygens (including phenoxy) is 1. The Balaban J connectivity index is 1.99. The second-order valence-electron chi connectivity index (χ2n) is 5.79. The van der Waals surface area contributed by atoms with Gasteiger partial charge in [-0.25, -0.2) is 4.98 Å². The number of methoxy groups -OCH3 is 1. The van der Waals surface area contributed by atoms with Crippen molar-refractivity contribution in [3.05, 3.63) is 48.4 Å². The normalized spacial score (nSPS) is 11.2. The second kappa shape index (κ2) is 6.05. The van der Waals surface area contributed by atoms with Gasteiger partial charge in [-0.15, -0.1) is 0 Å². The molecule has 0 saturated heterocycles. The van der Waals surface area contributed by atoms with E-state index in [2.05, 4.69) is 17.2 Å². The average molecular weight is 334 g/mol. The Morgan fingerprint density at radius 1 is 1.20 bits per heavy atom. The highest BCUT2D eigenvalue weighted by Gasteiger charge is 2.18. The number of para-hydroxylation sites is 1. The van der Waals surface area contributed by atoms with Crippen LogP contribution in [0.4, 0.5) is 0 Å². The van der Waals surface area contributed by atoms with Crippen LogP contribution < -0.4 is 4.74 Å². The number of aromatic nitrogens is 4. The molecule has 0 saturated carbocycles. The maximum Gasteiger partial charge on any atom is 0.193 e. The van der Waals surface area contributed by atoms with Crippen LogP contribution in [-0.2, 0) is 6.54 Å². The van der Waals surface area contributed by atoms with Crippen LogP contribution >= 0.6 is 0 Å². The van der Waals surface area contributed by atoms with E-state index in [1.807, 2.05) is 54.3 Å². The Kier molecular flexibility index (Phi) is 3.72. The first-order valence-electron chi connectivity index (χ1n) is 8.14. The lowest BCUT2D eigenvalue weighted by molar-refractivity contribution is 0.416. The molecule has 0 amide bonds. The first kappa shape index (κ1) is 15.4. The number of benzene rings is 1. The van der Waals surface area contributed by atoms with Crippen LogP contribution in [-0.4, -0.2) is 27.0 Å². The summed E-state index contributed by atoms with van der Waals surface area (Å²) in [5.41, 5.74) is 5.82. The van der Waals surface area contributed by atoms with Gasteiger partial charge in [-0.3, -0.25) is 4.68 Å². The van der Waals surface area contributed by atoms with Gasteiger partial charge in [-0.2, -0.15) is 5.10 Å². The van der Waals surface area contributed by atoms with Gasteiger partial charge >= 0.3 is 0 Å². The Hall–Kier alpha value is -3.15. The van der Waals surface area contributed by atoms with E-state index in [1.54, 1.807) is 7.11 Å². The zero-order valence-electron chi connectivity index (χ0n) is 14.4. The maximum atomic E-state index is 5.54. The topological polar surface area (TPSA) is 66.0 Å². The SMILES string of the molecule is CCn1cc(-c2cc(-c3ccccc3OC)nc3c(C)noc23)cn1. The third-order valence-corrected chi connectivity index (χ3v) is 4.24. The number of fused-ring (bicyclic) bond motifs is 1. The van der Waals surface area contributed by atoms with Crippen LogP contribution in [0.5, 0.6) is 5.75 Å². The van der Waals surface area contributed by atoms with Crippen molar-refractivity contribution >= 4 is 11.1 Å². The third kappa shape index (κ3) is 2.55. The highest BCUT2D eigenvalue weighted by molar-refractivity contribution is 5.93. The molecule has 6 nitrogen and oxygen atoms in total. The molecule has 0 aliphatic rings. The molecule has 0 radical (unpaired) electrons. The van der Waals surface area contributed by atoms with Crippen molar-refractivity contribution in [2.24, 2.45) is 0 Å². The molecule has 0 spiro atoms. The van der Waals surface area contributed by atoms with Gasteiger partial charge in [0, 0.05) is 29.4 Å². The molecule has 6 heteroatoms. The minimum atomic E-state index is 0.673. The van der Waals surface area contributed by atoms with Gasteiger partial charge < -0.3 is 9.26 Å². The molecule has 0 N–H and O–H groups in total. The number of nitrogens with zero attached hydrogens (tertiary/aromatic N) is 4. The molecular formula is C19H18N4O2. The van der Waals surface area contributed by atoms with Crippen molar-refractivity contribution in [2.45, 2.75) is 20.4 Å². The largest absolute Gasteiger partial charge is 0.496 e. The van der Waals surface area contributed by atoms with Gasteiger partial charge in [0.15, 0.2) is 5.58 Å². The van der Waals surface area contributed by atoms with Crippen LogP contribution in [0.2, 0.25) is 0 Å². The predicted molar refractivity (Wildman–Crippen MR) is 95.4 cm³/mol. The molecule has 4 aromatic rings. The molecule has 0 bridgehead atoms. The molecular weight excluding hydrogens is 316 g/mol. The van der Waals surface area contributed by atoms with E-state index in [1.165, 1.54) is 0 Å². The van der Waals surface area contributed by atoms with Crippen molar-refractivity contribution in [1.29, 1.82) is 0 Å².